The molecule has 0 fully saturated rings. The zero-order chi connectivity index (χ0) is 18.2. The molecule has 2 atom stereocenters. The molecule has 0 bridgehead atoms. The van der Waals surface area contributed by atoms with Gasteiger partial charge in [-0.3, -0.25) is 14.4 Å². The summed E-state index contributed by atoms with van der Waals surface area (Å²) in [4.78, 5) is 34.8. The van der Waals surface area contributed by atoms with Crippen LogP contribution in [-0.2, 0) is 9.59 Å². The number of Topliss-reactive ketones (excluding diaryl/α,β-unsaturated/α-hetero) is 1. The maximum absolute atomic E-state index is 13.7. The molecule has 2 rings (SSSR count). The van der Waals surface area contributed by atoms with E-state index in [1.807, 2.05) is 0 Å². The van der Waals surface area contributed by atoms with Gasteiger partial charge in [0.05, 0.1) is 11.7 Å². The van der Waals surface area contributed by atoms with Crippen molar-refractivity contribution in [2.75, 3.05) is 5.32 Å². The fourth-order valence-corrected chi connectivity index (χ4v) is 2.71. The van der Waals surface area contributed by atoms with Crippen molar-refractivity contribution in [3.63, 3.8) is 0 Å². The summed E-state index contributed by atoms with van der Waals surface area (Å²) in [6, 6.07) is 0.615. The quantitative estimate of drug-likeness (QED) is 0.808. The van der Waals surface area contributed by atoms with Crippen molar-refractivity contribution in [2.45, 2.75) is 38.4 Å². The zero-order valence-electron chi connectivity index (χ0n) is 12.8. The van der Waals surface area contributed by atoms with Crippen molar-refractivity contribution in [3.05, 3.63) is 29.1 Å². The van der Waals surface area contributed by atoms with Gasteiger partial charge in [0.25, 0.3) is 0 Å². The van der Waals surface area contributed by atoms with E-state index in [2.05, 4.69) is 5.32 Å². The predicted octanol–water partition coefficient (Wildman–Crippen LogP) is 2.52. The van der Waals surface area contributed by atoms with Crippen LogP contribution in [0.25, 0.3) is 0 Å². The number of alkyl halides is 3. The van der Waals surface area contributed by atoms with E-state index in [4.69, 9.17) is 0 Å². The molecule has 0 aromatic heterocycles. The Labute approximate surface area is 134 Å². The van der Waals surface area contributed by atoms with Crippen LogP contribution in [0.5, 0.6) is 0 Å². The molecule has 24 heavy (non-hydrogen) atoms. The van der Waals surface area contributed by atoms with Gasteiger partial charge in [-0.05, 0) is 30.0 Å². The molecule has 0 saturated heterocycles. The van der Waals surface area contributed by atoms with Crippen molar-refractivity contribution < 1.29 is 31.9 Å². The van der Waals surface area contributed by atoms with Gasteiger partial charge in [-0.25, -0.2) is 4.39 Å². The Kier molecular flexibility index (Phi) is 4.63. The standard InChI is InChI=1S/C15H14F4N2O3/c1-6-3-11(21-14(24)15(17,18)19)13(23)12-9(6)4-8(16)5-10(12)20-7(2)22/h4-6,11H,3H2,1-2H3,(H,20,22)(H,21,24). The molecule has 0 spiro atoms. The lowest BCUT2D eigenvalue weighted by molar-refractivity contribution is -0.174. The number of carbonyl (C=O) groups is 3. The minimum Gasteiger partial charge on any atom is -0.338 e. The number of fused-ring (bicyclic) bond motifs is 1. The maximum Gasteiger partial charge on any atom is 0.471 e. The van der Waals surface area contributed by atoms with Crippen molar-refractivity contribution >= 4 is 23.3 Å². The zero-order valence-corrected chi connectivity index (χ0v) is 12.8. The average molecular weight is 346 g/mol. The minimum absolute atomic E-state index is 0.0853. The van der Waals surface area contributed by atoms with Crippen molar-refractivity contribution in [1.82, 2.24) is 5.32 Å². The van der Waals surface area contributed by atoms with Gasteiger partial charge in [-0.2, -0.15) is 13.2 Å². The number of anilines is 1. The molecule has 0 saturated carbocycles. The van der Waals surface area contributed by atoms with Gasteiger partial charge in [0, 0.05) is 12.5 Å². The molecule has 5 nitrogen and oxygen atoms in total. The minimum atomic E-state index is -5.12. The maximum atomic E-state index is 13.7. The molecular formula is C15H14F4N2O3. The molecule has 1 aliphatic rings. The van der Waals surface area contributed by atoms with E-state index >= 15 is 0 Å². The van der Waals surface area contributed by atoms with Crippen molar-refractivity contribution in [3.8, 4) is 0 Å². The first-order valence-corrected chi connectivity index (χ1v) is 7.03. The second-order valence-electron chi connectivity index (χ2n) is 5.62. The molecular weight excluding hydrogens is 332 g/mol. The normalized spacial score (nSPS) is 20.3. The third-order valence-corrected chi connectivity index (χ3v) is 3.69. The van der Waals surface area contributed by atoms with Crippen LogP contribution in [0.15, 0.2) is 12.1 Å². The summed E-state index contributed by atoms with van der Waals surface area (Å²) in [6.07, 6.45) is -5.22. The number of amides is 2. The molecule has 0 radical (unpaired) electrons. The topological polar surface area (TPSA) is 75.3 Å². The molecule has 1 aromatic carbocycles. The second-order valence-corrected chi connectivity index (χ2v) is 5.62. The Balaban J connectivity index is 2.43. The number of hydrogen-bond donors (Lipinski definition) is 2. The highest BCUT2D eigenvalue weighted by atomic mass is 19.4. The van der Waals surface area contributed by atoms with Crippen LogP contribution < -0.4 is 10.6 Å². The van der Waals surface area contributed by atoms with Crippen LogP contribution in [0, 0.1) is 5.82 Å². The molecule has 2 amide bonds. The summed E-state index contributed by atoms with van der Waals surface area (Å²) >= 11 is 0. The fourth-order valence-electron chi connectivity index (χ4n) is 2.71. The lowest BCUT2D eigenvalue weighted by atomic mass is 9.79. The third-order valence-electron chi connectivity index (χ3n) is 3.69. The summed E-state index contributed by atoms with van der Waals surface area (Å²) in [5, 5.41) is 3.95. The highest BCUT2D eigenvalue weighted by molar-refractivity contribution is 6.10. The fraction of sp³-hybridized carbons (Fsp3) is 0.400. The van der Waals surface area contributed by atoms with Gasteiger partial charge >= 0.3 is 12.1 Å². The number of rotatable bonds is 2. The SMILES string of the molecule is CC(=O)Nc1cc(F)cc2c1C(=O)C(NC(=O)C(F)(F)F)CC2C. The number of hydrogen-bond acceptors (Lipinski definition) is 3. The molecule has 1 aromatic rings. The van der Waals surface area contributed by atoms with E-state index < -0.39 is 41.6 Å². The van der Waals surface area contributed by atoms with Crippen LogP contribution in [0.2, 0.25) is 0 Å². The van der Waals surface area contributed by atoms with Gasteiger partial charge in [-0.1, -0.05) is 6.92 Å². The van der Waals surface area contributed by atoms with Crippen LogP contribution >= 0.6 is 0 Å². The number of halogens is 4. The van der Waals surface area contributed by atoms with Crippen LogP contribution in [0.3, 0.4) is 0 Å². The van der Waals surface area contributed by atoms with Crippen LogP contribution in [0.4, 0.5) is 23.2 Å². The van der Waals surface area contributed by atoms with E-state index in [0.717, 1.165) is 19.1 Å². The summed E-state index contributed by atoms with van der Waals surface area (Å²) < 4.78 is 50.9. The molecule has 1 aliphatic carbocycles. The van der Waals surface area contributed by atoms with Crippen LogP contribution in [-0.4, -0.2) is 29.8 Å². The van der Waals surface area contributed by atoms with Gasteiger partial charge in [-0.15, -0.1) is 0 Å². The van der Waals surface area contributed by atoms with E-state index in [-0.39, 0.29) is 23.2 Å². The van der Waals surface area contributed by atoms with Gasteiger partial charge in [0.15, 0.2) is 5.78 Å². The molecule has 0 heterocycles. The van der Waals surface area contributed by atoms with E-state index in [1.165, 1.54) is 0 Å². The van der Waals surface area contributed by atoms with Crippen molar-refractivity contribution in [1.29, 1.82) is 0 Å². The molecule has 2 unspecified atom stereocenters. The Bertz CT molecular complexity index is 715. The molecule has 9 heteroatoms. The van der Waals surface area contributed by atoms with Gasteiger partial charge in [0.2, 0.25) is 5.91 Å². The lowest BCUT2D eigenvalue weighted by Gasteiger charge is -2.30. The highest BCUT2D eigenvalue weighted by Crippen LogP contribution is 2.36. The van der Waals surface area contributed by atoms with E-state index in [0.29, 0.717) is 0 Å². The van der Waals surface area contributed by atoms with E-state index in [1.54, 1.807) is 12.2 Å². The Morgan fingerprint density at radius 3 is 2.42 bits per heavy atom. The first-order valence-electron chi connectivity index (χ1n) is 7.03. The molecule has 0 aliphatic heterocycles. The molecule has 130 valence electrons. The monoisotopic (exact) mass is 346 g/mol. The Morgan fingerprint density at radius 2 is 1.88 bits per heavy atom. The largest absolute Gasteiger partial charge is 0.471 e. The second kappa shape index (κ2) is 6.21. The Hall–Kier alpha value is -2.45. The first-order chi connectivity index (χ1) is 11.0. The predicted molar refractivity (Wildman–Crippen MR) is 76.1 cm³/mol. The lowest BCUT2D eigenvalue weighted by Crippen LogP contribution is -2.49. The van der Waals surface area contributed by atoms with Gasteiger partial charge < -0.3 is 10.6 Å². The summed E-state index contributed by atoms with van der Waals surface area (Å²) in [5.41, 5.74) is 0.0689. The summed E-state index contributed by atoms with van der Waals surface area (Å²) in [5.74, 6) is -4.76. The van der Waals surface area contributed by atoms with Crippen LogP contribution in [0.1, 0.15) is 42.1 Å². The average Bonchev–Trinajstić information content (AvgIpc) is 2.42. The van der Waals surface area contributed by atoms with E-state index in [9.17, 15) is 31.9 Å². The number of carbonyl (C=O) groups excluding carboxylic acids is 3. The summed E-state index contributed by atoms with van der Waals surface area (Å²) in [7, 11) is 0. The highest BCUT2D eigenvalue weighted by Gasteiger charge is 2.43. The smallest absolute Gasteiger partial charge is 0.338 e. The van der Waals surface area contributed by atoms with Crippen molar-refractivity contribution in [2.24, 2.45) is 0 Å². The summed E-state index contributed by atoms with van der Waals surface area (Å²) in [6.45, 7) is 2.74. The molecule has 2 N–H and O–H groups in total. The van der Waals surface area contributed by atoms with Gasteiger partial charge in [0.1, 0.15) is 5.82 Å². The number of nitrogens with one attached hydrogen (secondary N) is 2. The third kappa shape index (κ3) is 3.55. The Morgan fingerprint density at radius 1 is 1.25 bits per heavy atom. The number of benzene rings is 1. The first kappa shape index (κ1) is 17.9. The number of ketones is 1.